The molecule has 0 saturated carbocycles. The number of hydrogen-bond donors (Lipinski definition) is 1. The molecule has 0 bridgehead atoms. The van der Waals surface area contributed by atoms with Crippen LogP contribution in [0, 0.1) is 0 Å². The lowest BCUT2D eigenvalue weighted by Crippen LogP contribution is -2.28. The van der Waals surface area contributed by atoms with Crippen molar-refractivity contribution in [3.63, 3.8) is 0 Å². The van der Waals surface area contributed by atoms with Gasteiger partial charge in [-0.15, -0.1) is 0 Å². The van der Waals surface area contributed by atoms with Crippen LogP contribution in [-0.4, -0.2) is 39.2 Å². The first-order valence-corrected chi connectivity index (χ1v) is 8.01. The quantitative estimate of drug-likeness (QED) is 0.944. The van der Waals surface area contributed by atoms with Crippen molar-refractivity contribution in [2.45, 2.75) is 25.0 Å². The summed E-state index contributed by atoms with van der Waals surface area (Å²) < 4.78 is 0. The number of benzene rings is 1. The Hall–Kier alpha value is -1.75. The molecular formula is C16H18N2O2S. The van der Waals surface area contributed by atoms with Crippen molar-refractivity contribution in [3.8, 4) is 0 Å². The maximum Gasteiger partial charge on any atom is 0.223 e. The van der Waals surface area contributed by atoms with Gasteiger partial charge in [-0.1, -0.05) is 23.9 Å². The zero-order valence-corrected chi connectivity index (χ0v) is 12.8. The Morgan fingerprint density at radius 3 is 3.10 bits per heavy atom. The smallest absolute Gasteiger partial charge is 0.223 e. The minimum Gasteiger partial charge on any atom is -0.361 e. The van der Waals surface area contributed by atoms with Gasteiger partial charge in [-0.25, -0.2) is 0 Å². The Kier molecular flexibility index (Phi) is 4.01. The maximum absolute atomic E-state index is 12.0. The van der Waals surface area contributed by atoms with Crippen LogP contribution < -0.4 is 0 Å². The van der Waals surface area contributed by atoms with E-state index in [2.05, 4.69) is 23.2 Å². The highest BCUT2D eigenvalue weighted by Crippen LogP contribution is 2.25. The summed E-state index contributed by atoms with van der Waals surface area (Å²) in [4.78, 5) is 28.2. The zero-order valence-electron chi connectivity index (χ0n) is 12.0. The Morgan fingerprint density at radius 1 is 1.43 bits per heavy atom. The molecule has 110 valence electrons. The highest BCUT2D eigenvalue weighted by Gasteiger charge is 2.30. The summed E-state index contributed by atoms with van der Waals surface area (Å²) in [6.07, 6.45) is 3.27. The molecule has 2 aromatic rings. The van der Waals surface area contributed by atoms with Crippen LogP contribution in [-0.2, 0) is 16.0 Å². The molecule has 1 aromatic heterocycles. The maximum atomic E-state index is 12.0. The highest BCUT2D eigenvalue weighted by atomic mass is 32.2. The predicted octanol–water partition coefficient (Wildman–Crippen LogP) is 2.59. The molecule has 1 unspecified atom stereocenters. The number of carbonyl (C=O) groups excluding carboxylic acids is 2. The van der Waals surface area contributed by atoms with Crippen LogP contribution in [0.15, 0.2) is 30.5 Å². The minimum atomic E-state index is 0.0896. The van der Waals surface area contributed by atoms with Gasteiger partial charge in [0.05, 0.1) is 0 Å². The number of rotatable bonds is 4. The first kappa shape index (κ1) is 14.2. The van der Waals surface area contributed by atoms with Crippen molar-refractivity contribution < 1.29 is 9.59 Å². The van der Waals surface area contributed by atoms with Gasteiger partial charge in [0, 0.05) is 48.8 Å². The summed E-state index contributed by atoms with van der Waals surface area (Å²) in [6.45, 7) is 2.97. The number of aromatic nitrogens is 1. The molecule has 1 aliphatic heterocycles. The average molecular weight is 302 g/mol. The summed E-state index contributed by atoms with van der Waals surface area (Å²) in [5.41, 5.74) is 2.38. The van der Waals surface area contributed by atoms with Gasteiger partial charge < -0.3 is 9.88 Å². The van der Waals surface area contributed by atoms with Crippen LogP contribution in [0.5, 0.6) is 0 Å². The molecule has 1 N–H and O–H groups in total. The minimum absolute atomic E-state index is 0.0896. The second-order valence-corrected chi connectivity index (χ2v) is 6.86. The van der Waals surface area contributed by atoms with E-state index in [9.17, 15) is 9.59 Å². The average Bonchev–Trinajstić information content (AvgIpc) is 3.02. The van der Waals surface area contributed by atoms with Crippen LogP contribution in [0.25, 0.3) is 10.9 Å². The largest absolute Gasteiger partial charge is 0.361 e. The van der Waals surface area contributed by atoms with E-state index < -0.39 is 0 Å². The van der Waals surface area contributed by atoms with E-state index in [1.54, 1.807) is 6.92 Å². The summed E-state index contributed by atoms with van der Waals surface area (Å²) >= 11 is 1.29. The van der Waals surface area contributed by atoms with E-state index >= 15 is 0 Å². The van der Waals surface area contributed by atoms with E-state index in [0.717, 1.165) is 18.5 Å². The predicted molar refractivity (Wildman–Crippen MR) is 85.3 cm³/mol. The number of carbonyl (C=O) groups is 2. The number of aromatic amines is 1. The van der Waals surface area contributed by atoms with Gasteiger partial charge in [-0.2, -0.15) is 0 Å². The third-order valence-electron chi connectivity index (χ3n) is 3.85. The normalized spacial score (nSPS) is 18.6. The van der Waals surface area contributed by atoms with E-state index in [4.69, 9.17) is 0 Å². The summed E-state index contributed by atoms with van der Waals surface area (Å²) in [6, 6.07) is 8.27. The van der Waals surface area contributed by atoms with Crippen molar-refractivity contribution in [1.29, 1.82) is 0 Å². The Balaban J connectivity index is 1.64. The van der Waals surface area contributed by atoms with Crippen LogP contribution in [0.1, 0.15) is 18.9 Å². The van der Waals surface area contributed by atoms with Gasteiger partial charge in [0.1, 0.15) is 0 Å². The molecule has 0 aliphatic carbocycles. The van der Waals surface area contributed by atoms with Crippen molar-refractivity contribution in [3.05, 3.63) is 36.0 Å². The third kappa shape index (κ3) is 3.13. The van der Waals surface area contributed by atoms with Gasteiger partial charge in [-0.3, -0.25) is 9.59 Å². The fourth-order valence-corrected chi connectivity index (χ4v) is 3.84. The zero-order chi connectivity index (χ0) is 14.8. The van der Waals surface area contributed by atoms with Crippen LogP contribution in [0.2, 0.25) is 0 Å². The topological polar surface area (TPSA) is 53.2 Å². The molecule has 2 heterocycles. The van der Waals surface area contributed by atoms with Crippen LogP contribution in [0.3, 0.4) is 0 Å². The Morgan fingerprint density at radius 2 is 2.29 bits per heavy atom. The second-order valence-electron chi connectivity index (χ2n) is 5.38. The van der Waals surface area contributed by atoms with Crippen molar-refractivity contribution >= 4 is 33.7 Å². The lowest BCUT2D eigenvalue weighted by atomic mass is 10.1. The van der Waals surface area contributed by atoms with Crippen molar-refractivity contribution in [1.82, 2.24) is 9.88 Å². The van der Waals surface area contributed by atoms with Gasteiger partial charge in [0.2, 0.25) is 5.91 Å². The highest BCUT2D eigenvalue weighted by molar-refractivity contribution is 8.14. The fraction of sp³-hybridized carbons (Fsp3) is 0.375. The first-order valence-electron chi connectivity index (χ1n) is 7.13. The number of hydrogen-bond acceptors (Lipinski definition) is 3. The Bertz CT molecular complexity index is 680. The first-order chi connectivity index (χ1) is 10.1. The molecule has 4 nitrogen and oxygen atoms in total. The number of likely N-dealkylation sites (tertiary alicyclic amines) is 1. The number of amides is 1. The monoisotopic (exact) mass is 302 g/mol. The number of H-pyrrole nitrogens is 1. The Labute approximate surface area is 127 Å². The van der Waals surface area contributed by atoms with E-state index in [0.29, 0.717) is 13.0 Å². The van der Waals surface area contributed by atoms with Crippen LogP contribution in [0.4, 0.5) is 0 Å². The SMILES string of the molecule is CC(=O)SC1CC(=O)N(CCc2cccc3[nH]ccc23)C1. The summed E-state index contributed by atoms with van der Waals surface area (Å²) in [5, 5.41) is 1.43. The molecule has 21 heavy (non-hydrogen) atoms. The number of thioether (sulfide) groups is 1. The van der Waals surface area contributed by atoms with Gasteiger partial charge >= 0.3 is 0 Å². The molecule has 1 fully saturated rings. The molecule has 3 rings (SSSR count). The van der Waals surface area contributed by atoms with Crippen molar-refractivity contribution in [2.75, 3.05) is 13.1 Å². The standard InChI is InChI=1S/C16H18N2O2S/c1-11(19)21-13-9-16(20)18(10-13)8-6-12-3-2-4-15-14(12)5-7-17-15/h2-5,7,13,17H,6,8-10H2,1H3. The third-order valence-corrected chi connectivity index (χ3v) is 4.83. The van der Waals surface area contributed by atoms with Gasteiger partial charge in [-0.05, 0) is 24.1 Å². The van der Waals surface area contributed by atoms with Gasteiger partial charge in [0.25, 0.3) is 0 Å². The molecule has 1 aromatic carbocycles. The lowest BCUT2D eigenvalue weighted by Gasteiger charge is -2.16. The van der Waals surface area contributed by atoms with E-state index in [-0.39, 0.29) is 16.3 Å². The molecular weight excluding hydrogens is 284 g/mol. The molecule has 0 radical (unpaired) electrons. The van der Waals surface area contributed by atoms with Crippen molar-refractivity contribution in [2.24, 2.45) is 0 Å². The molecule has 1 amide bonds. The van der Waals surface area contributed by atoms with E-state index in [1.807, 2.05) is 17.2 Å². The number of nitrogens with one attached hydrogen (secondary N) is 1. The molecule has 1 aliphatic rings. The number of fused-ring (bicyclic) bond motifs is 1. The fourth-order valence-electron chi connectivity index (χ4n) is 2.89. The molecule has 5 heteroatoms. The lowest BCUT2D eigenvalue weighted by molar-refractivity contribution is -0.127. The van der Waals surface area contributed by atoms with Crippen LogP contribution >= 0.6 is 11.8 Å². The summed E-state index contributed by atoms with van der Waals surface area (Å²) in [7, 11) is 0. The molecule has 1 saturated heterocycles. The number of nitrogens with zero attached hydrogens (tertiary/aromatic N) is 1. The second kappa shape index (κ2) is 5.93. The van der Waals surface area contributed by atoms with E-state index in [1.165, 1.54) is 22.7 Å². The summed E-state index contributed by atoms with van der Waals surface area (Å²) in [5.74, 6) is 0.162. The van der Waals surface area contributed by atoms with Gasteiger partial charge in [0.15, 0.2) is 5.12 Å². The molecule has 1 atom stereocenters. The molecule has 0 spiro atoms.